The second-order valence-corrected chi connectivity index (χ2v) is 6.31. The highest BCUT2D eigenvalue weighted by molar-refractivity contribution is 5.92. The highest BCUT2D eigenvalue weighted by Gasteiger charge is 2.19. The van der Waals surface area contributed by atoms with E-state index in [1.165, 1.54) is 19.3 Å². The Bertz CT molecular complexity index is 493. The fourth-order valence-corrected chi connectivity index (χ4v) is 2.44. The molecule has 0 unspecified atom stereocenters. The minimum absolute atomic E-state index is 0.105. The van der Waals surface area contributed by atoms with Gasteiger partial charge in [-0.2, -0.15) is 0 Å². The summed E-state index contributed by atoms with van der Waals surface area (Å²) >= 11 is 0. The van der Waals surface area contributed by atoms with E-state index in [1.54, 1.807) is 0 Å². The number of nitrogens with zero attached hydrogens (tertiary/aromatic N) is 3. The highest BCUT2D eigenvalue weighted by Crippen LogP contribution is 2.20. The number of hydrogen-bond acceptors (Lipinski definition) is 4. The molecule has 0 aromatic carbocycles. The lowest BCUT2D eigenvalue weighted by atomic mass is 10.1. The maximum Gasteiger partial charge on any atom is 0.270 e. The van der Waals surface area contributed by atoms with E-state index >= 15 is 0 Å². The quantitative estimate of drug-likeness (QED) is 0.926. The number of carbonyl (C=O) groups is 1. The van der Waals surface area contributed by atoms with Crippen molar-refractivity contribution in [3.63, 3.8) is 0 Å². The van der Waals surface area contributed by atoms with Crippen molar-refractivity contribution >= 4 is 11.9 Å². The molecular formula is C16H26N4O. The molecule has 1 aromatic rings. The molecule has 1 saturated heterocycles. The topological polar surface area (TPSA) is 58.1 Å². The van der Waals surface area contributed by atoms with Crippen molar-refractivity contribution in [1.29, 1.82) is 0 Å². The Kier molecular flexibility index (Phi) is 5.15. The monoisotopic (exact) mass is 290 g/mol. The van der Waals surface area contributed by atoms with Gasteiger partial charge in [-0.15, -0.1) is 0 Å². The Labute approximate surface area is 127 Å². The van der Waals surface area contributed by atoms with Gasteiger partial charge in [0.25, 0.3) is 5.91 Å². The summed E-state index contributed by atoms with van der Waals surface area (Å²) in [6.45, 7) is 10.0. The van der Waals surface area contributed by atoms with Crippen LogP contribution >= 0.6 is 0 Å². The lowest BCUT2D eigenvalue weighted by Crippen LogP contribution is -2.34. The summed E-state index contributed by atoms with van der Waals surface area (Å²) in [4.78, 5) is 23.6. The number of nitrogens with one attached hydrogen (secondary N) is 1. The van der Waals surface area contributed by atoms with Gasteiger partial charge in [-0.3, -0.25) is 4.79 Å². The fourth-order valence-electron chi connectivity index (χ4n) is 2.44. The molecule has 5 nitrogen and oxygen atoms in total. The molecule has 116 valence electrons. The van der Waals surface area contributed by atoms with Gasteiger partial charge in [0.05, 0.1) is 0 Å². The summed E-state index contributed by atoms with van der Waals surface area (Å²) < 4.78 is 0. The first kappa shape index (κ1) is 15.7. The number of piperidine rings is 1. The van der Waals surface area contributed by atoms with E-state index in [-0.39, 0.29) is 17.9 Å². The van der Waals surface area contributed by atoms with Crippen LogP contribution in [0.5, 0.6) is 0 Å². The average molecular weight is 290 g/mol. The third kappa shape index (κ3) is 4.16. The highest BCUT2D eigenvalue weighted by atomic mass is 16.1. The van der Waals surface area contributed by atoms with E-state index in [4.69, 9.17) is 0 Å². The van der Waals surface area contributed by atoms with Crippen LogP contribution in [-0.2, 0) is 0 Å². The van der Waals surface area contributed by atoms with Crippen LogP contribution < -0.4 is 10.2 Å². The Hall–Kier alpha value is -1.65. The summed E-state index contributed by atoms with van der Waals surface area (Å²) in [6, 6.07) is 1.92. The Balaban J connectivity index is 2.31. The van der Waals surface area contributed by atoms with Gasteiger partial charge in [0, 0.05) is 24.8 Å². The zero-order valence-corrected chi connectivity index (χ0v) is 13.5. The molecule has 1 aromatic heterocycles. The van der Waals surface area contributed by atoms with Crippen LogP contribution in [-0.4, -0.2) is 35.0 Å². The van der Waals surface area contributed by atoms with Crippen LogP contribution in [0, 0.1) is 0 Å². The molecule has 1 fully saturated rings. The molecule has 0 aliphatic carbocycles. The molecule has 1 amide bonds. The maximum atomic E-state index is 12.2. The van der Waals surface area contributed by atoms with E-state index in [0.717, 1.165) is 18.8 Å². The van der Waals surface area contributed by atoms with Crippen molar-refractivity contribution < 1.29 is 4.79 Å². The Morgan fingerprint density at radius 1 is 1.14 bits per heavy atom. The van der Waals surface area contributed by atoms with Crippen molar-refractivity contribution in [2.75, 3.05) is 18.0 Å². The van der Waals surface area contributed by atoms with Crippen molar-refractivity contribution in [2.24, 2.45) is 0 Å². The first-order chi connectivity index (χ1) is 9.97. The normalized spacial score (nSPS) is 15.6. The van der Waals surface area contributed by atoms with Gasteiger partial charge < -0.3 is 10.2 Å². The van der Waals surface area contributed by atoms with Gasteiger partial charge in [0.15, 0.2) is 0 Å². The first-order valence-corrected chi connectivity index (χ1v) is 7.92. The van der Waals surface area contributed by atoms with E-state index in [1.807, 2.05) is 19.9 Å². The first-order valence-electron chi connectivity index (χ1n) is 7.92. The molecule has 0 saturated carbocycles. The third-order valence-corrected chi connectivity index (χ3v) is 3.62. The summed E-state index contributed by atoms with van der Waals surface area (Å²) in [7, 11) is 0. The Morgan fingerprint density at radius 3 is 2.38 bits per heavy atom. The fraction of sp³-hybridized carbons (Fsp3) is 0.688. The largest absolute Gasteiger partial charge is 0.349 e. The van der Waals surface area contributed by atoms with Crippen molar-refractivity contribution in [3.8, 4) is 0 Å². The molecule has 2 rings (SSSR count). The SMILES string of the molecule is CC(C)NC(=O)c1cc(C(C)C)nc(N2CCCCC2)n1. The number of amides is 1. The number of carbonyl (C=O) groups excluding carboxylic acids is 1. The van der Waals surface area contributed by atoms with Gasteiger partial charge >= 0.3 is 0 Å². The number of hydrogen-bond donors (Lipinski definition) is 1. The summed E-state index contributed by atoms with van der Waals surface area (Å²) in [6.07, 6.45) is 3.60. The number of rotatable bonds is 4. The predicted octanol–water partition coefficient (Wildman–Crippen LogP) is 2.73. The second kappa shape index (κ2) is 6.87. The number of aromatic nitrogens is 2. The van der Waals surface area contributed by atoms with Crippen molar-refractivity contribution in [1.82, 2.24) is 15.3 Å². The van der Waals surface area contributed by atoms with Crippen LogP contribution in [0.15, 0.2) is 6.07 Å². The van der Waals surface area contributed by atoms with Crippen LogP contribution in [0.1, 0.15) is 69.1 Å². The van der Waals surface area contributed by atoms with Gasteiger partial charge in [0.1, 0.15) is 5.69 Å². The molecule has 1 aliphatic heterocycles. The van der Waals surface area contributed by atoms with E-state index in [2.05, 4.69) is 34.0 Å². The third-order valence-electron chi connectivity index (χ3n) is 3.62. The molecule has 2 heterocycles. The maximum absolute atomic E-state index is 12.2. The van der Waals surface area contributed by atoms with Gasteiger partial charge in [-0.05, 0) is 45.1 Å². The van der Waals surface area contributed by atoms with Gasteiger partial charge in [-0.1, -0.05) is 13.8 Å². The zero-order valence-electron chi connectivity index (χ0n) is 13.5. The van der Waals surface area contributed by atoms with Gasteiger partial charge in [-0.25, -0.2) is 9.97 Å². The molecule has 0 atom stereocenters. The number of anilines is 1. The van der Waals surface area contributed by atoms with E-state index in [9.17, 15) is 4.79 Å². The lowest BCUT2D eigenvalue weighted by Gasteiger charge is -2.27. The van der Waals surface area contributed by atoms with Crippen LogP contribution in [0.2, 0.25) is 0 Å². The van der Waals surface area contributed by atoms with Crippen molar-refractivity contribution in [2.45, 2.75) is 58.9 Å². The zero-order chi connectivity index (χ0) is 15.4. The van der Waals surface area contributed by atoms with Crippen LogP contribution in [0.4, 0.5) is 5.95 Å². The molecule has 0 radical (unpaired) electrons. The molecule has 1 N–H and O–H groups in total. The van der Waals surface area contributed by atoms with E-state index < -0.39 is 0 Å². The summed E-state index contributed by atoms with van der Waals surface area (Å²) in [5.41, 5.74) is 1.41. The molecule has 5 heteroatoms. The summed E-state index contributed by atoms with van der Waals surface area (Å²) in [5.74, 6) is 0.865. The molecule has 1 aliphatic rings. The van der Waals surface area contributed by atoms with Gasteiger partial charge in [0.2, 0.25) is 5.95 Å². The molecule has 0 spiro atoms. The summed E-state index contributed by atoms with van der Waals surface area (Å²) in [5, 5.41) is 2.91. The van der Waals surface area contributed by atoms with Crippen LogP contribution in [0.3, 0.4) is 0 Å². The minimum Gasteiger partial charge on any atom is -0.349 e. The average Bonchev–Trinajstić information content (AvgIpc) is 2.47. The molecular weight excluding hydrogens is 264 g/mol. The molecule has 0 bridgehead atoms. The smallest absolute Gasteiger partial charge is 0.270 e. The molecule has 21 heavy (non-hydrogen) atoms. The van der Waals surface area contributed by atoms with Crippen LogP contribution in [0.25, 0.3) is 0 Å². The lowest BCUT2D eigenvalue weighted by molar-refractivity contribution is 0.0938. The van der Waals surface area contributed by atoms with Crippen molar-refractivity contribution in [3.05, 3.63) is 17.5 Å². The standard InChI is InChI=1S/C16H26N4O/c1-11(2)13-10-14(15(21)17-12(3)4)19-16(18-13)20-8-6-5-7-9-20/h10-12H,5-9H2,1-4H3,(H,17,21). The minimum atomic E-state index is -0.118. The predicted molar refractivity (Wildman–Crippen MR) is 84.8 cm³/mol. The Morgan fingerprint density at radius 2 is 1.81 bits per heavy atom. The van der Waals surface area contributed by atoms with E-state index in [0.29, 0.717) is 11.6 Å². The second-order valence-electron chi connectivity index (χ2n) is 6.31.